The van der Waals surface area contributed by atoms with Gasteiger partial charge in [-0.3, -0.25) is 0 Å². The van der Waals surface area contributed by atoms with Crippen molar-refractivity contribution in [1.29, 1.82) is 5.26 Å². The number of halogens is 2. The van der Waals surface area contributed by atoms with Gasteiger partial charge >= 0.3 is 5.97 Å². The molecule has 0 saturated carbocycles. The van der Waals surface area contributed by atoms with E-state index in [1.165, 1.54) is 0 Å². The Kier molecular flexibility index (Phi) is 2.63. The molecule has 13 heavy (non-hydrogen) atoms. The third-order valence-electron chi connectivity index (χ3n) is 1.43. The summed E-state index contributed by atoms with van der Waals surface area (Å²) in [4.78, 5) is 10.6. The van der Waals surface area contributed by atoms with Crippen molar-refractivity contribution in [3.05, 3.63) is 33.5 Å². The summed E-state index contributed by atoms with van der Waals surface area (Å²) >= 11 is 2.77. The molecule has 0 bridgehead atoms. The van der Waals surface area contributed by atoms with Crippen molar-refractivity contribution in [3.8, 4) is 6.07 Å². The zero-order valence-electron chi connectivity index (χ0n) is 6.21. The number of carboxylic acids is 1. The van der Waals surface area contributed by atoms with Crippen molar-refractivity contribution < 1.29 is 14.3 Å². The Hall–Kier alpha value is -1.41. The van der Waals surface area contributed by atoms with Gasteiger partial charge in [0.2, 0.25) is 0 Å². The summed E-state index contributed by atoms with van der Waals surface area (Å²) in [6.07, 6.45) is 0. The molecule has 0 spiro atoms. The third kappa shape index (κ3) is 1.68. The minimum Gasteiger partial charge on any atom is -0.478 e. The first-order valence-corrected chi connectivity index (χ1v) is 3.98. The number of carbonyl (C=O) groups is 1. The highest BCUT2D eigenvalue weighted by molar-refractivity contribution is 9.10. The van der Waals surface area contributed by atoms with Crippen LogP contribution in [0.4, 0.5) is 4.39 Å². The molecule has 1 aromatic carbocycles. The number of aromatic carboxylic acids is 1. The van der Waals surface area contributed by atoms with Gasteiger partial charge in [-0.1, -0.05) is 0 Å². The molecule has 0 aliphatic rings. The fourth-order valence-corrected chi connectivity index (χ4v) is 1.37. The maximum absolute atomic E-state index is 12.8. The fraction of sp³-hybridized carbons (Fsp3) is 0. The van der Waals surface area contributed by atoms with Crippen LogP contribution in [0.5, 0.6) is 0 Å². The minimum absolute atomic E-state index is 0.0687. The molecular weight excluding hydrogens is 241 g/mol. The average molecular weight is 244 g/mol. The van der Waals surface area contributed by atoms with E-state index < -0.39 is 11.8 Å². The molecule has 0 saturated heterocycles. The maximum Gasteiger partial charge on any atom is 0.338 e. The second-order valence-corrected chi connectivity index (χ2v) is 2.99. The molecule has 0 atom stereocenters. The van der Waals surface area contributed by atoms with Crippen molar-refractivity contribution in [2.45, 2.75) is 0 Å². The van der Waals surface area contributed by atoms with Crippen molar-refractivity contribution in [2.24, 2.45) is 0 Å². The van der Waals surface area contributed by atoms with Crippen LogP contribution >= 0.6 is 15.9 Å². The van der Waals surface area contributed by atoms with E-state index in [0.717, 1.165) is 12.1 Å². The molecule has 3 nitrogen and oxygen atoms in total. The van der Waals surface area contributed by atoms with Crippen molar-refractivity contribution >= 4 is 21.9 Å². The van der Waals surface area contributed by atoms with Gasteiger partial charge in [0.1, 0.15) is 11.9 Å². The SMILES string of the molecule is N#Cc1ccc(F)c(Br)c1C(=O)O. The number of hydrogen-bond acceptors (Lipinski definition) is 2. The monoisotopic (exact) mass is 243 g/mol. The Balaban J connectivity index is 3.53. The van der Waals surface area contributed by atoms with Crippen molar-refractivity contribution in [3.63, 3.8) is 0 Å². The zero-order valence-corrected chi connectivity index (χ0v) is 7.80. The molecule has 0 fully saturated rings. The summed E-state index contributed by atoms with van der Waals surface area (Å²) in [7, 11) is 0. The van der Waals surface area contributed by atoms with E-state index in [4.69, 9.17) is 10.4 Å². The Morgan fingerprint density at radius 1 is 1.62 bits per heavy atom. The molecule has 0 radical (unpaired) electrons. The molecule has 1 aromatic rings. The Labute approximate surface area is 81.5 Å². The van der Waals surface area contributed by atoms with Crippen LogP contribution in [0.2, 0.25) is 0 Å². The van der Waals surface area contributed by atoms with E-state index >= 15 is 0 Å². The van der Waals surface area contributed by atoms with E-state index in [-0.39, 0.29) is 15.6 Å². The summed E-state index contributed by atoms with van der Waals surface area (Å²) in [6, 6.07) is 3.83. The molecule has 0 unspecified atom stereocenters. The number of hydrogen-bond donors (Lipinski definition) is 1. The van der Waals surface area contributed by atoms with Crippen LogP contribution in [-0.4, -0.2) is 11.1 Å². The molecule has 0 aromatic heterocycles. The molecule has 1 N–H and O–H groups in total. The van der Waals surface area contributed by atoms with Crippen molar-refractivity contribution in [1.82, 2.24) is 0 Å². The molecule has 0 amide bonds. The van der Waals surface area contributed by atoms with Crippen LogP contribution in [0, 0.1) is 17.1 Å². The normalized spacial score (nSPS) is 9.31. The molecular formula is C8H3BrFNO2. The predicted molar refractivity (Wildman–Crippen MR) is 45.8 cm³/mol. The van der Waals surface area contributed by atoms with E-state index in [1.807, 2.05) is 0 Å². The van der Waals surface area contributed by atoms with Gasteiger partial charge in [-0.15, -0.1) is 0 Å². The van der Waals surface area contributed by atoms with Gasteiger partial charge < -0.3 is 5.11 Å². The molecule has 0 aliphatic heterocycles. The lowest BCUT2D eigenvalue weighted by Gasteiger charge is -2.01. The number of carboxylic acid groups (broad SMARTS) is 1. The highest BCUT2D eigenvalue weighted by Crippen LogP contribution is 2.23. The Morgan fingerprint density at radius 3 is 2.69 bits per heavy atom. The lowest BCUT2D eigenvalue weighted by Crippen LogP contribution is -2.03. The van der Waals surface area contributed by atoms with E-state index in [2.05, 4.69) is 15.9 Å². The van der Waals surface area contributed by atoms with E-state index in [0.29, 0.717) is 0 Å². The molecule has 66 valence electrons. The highest BCUT2D eigenvalue weighted by atomic mass is 79.9. The lowest BCUT2D eigenvalue weighted by atomic mass is 10.1. The number of benzene rings is 1. The van der Waals surface area contributed by atoms with Gasteiger partial charge in [0, 0.05) is 0 Å². The van der Waals surface area contributed by atoms with Crippen LogP contribution in [0.1, 0.15) is 15.9 Å². The first kappa shape index (κ1) is 9.68. The summed E-state index contributed by atoms with van der Waals surface area (Å²) in [6.45, 7) is 0. The molecule has 5 heteroatoms. The second kappa shape index (κ2) is 3.54. The quantitative estimate of drug-likeness (QED) is 0.823. The van der Waals surface area contributed by atoms with Gasteiger partial charge in [0.25, 0.3) is 0 Å². The first-order valence-electron chi connectivity index (χ1n) is 3.19. The average Bonchev–Trinajstić information content (AvgIpc) is 2.08. The smallest absolute Gasteiger partial charge is 0.338 e. The van der Waals surface area contributed by atoms with Gasteiger partial charge in [-0.25, -0.2) is 9.18 Å². The largest absolute Gasteiger partial charge is 0.478 e. The summed E-state index contributed by atoms with van der Waals surface area (Å²) in [5, 5.41) is 17.2. The summed E-state index contributed by atoms with van der Waals surface area (Å²) in [5.74, 6) is -2.03. The maximum atomic E-state index is 12.8. The van der Waals surface area contributed by atoms with Crippen molar-refractivity contribution in [2.75, 3.05) is 0 Å². The minimum atomic E-state index is -1.33. The van der Waals surface area contributed by atoms with Gasteiger partial charge in [-0.05, 0) is 28.1 Å². The van der Waals surface area contributed by atoms with Crippen LogP contribution < -0.4 is 0 Å². The molecule has 0 aliphatic carbocycles. The van der Waals surface area contributed by atoms with E-state index in [1.54, 1.807) is 6.07 Å². The van der Waals surface area contributed by atoms with Crippen LogP contribution in [-0.2, 0) is 0 Å². The van der Waals surface area contributed by atoms with Crippen LogP contribution in [0.15, 0.2) is 16.6 Å². The van der Waals surface area contributed by atoms with Gasteiger partial charge in [0.05, 0.1) is 15.6 Å². The standard InChI is InChI=1S/C8H3BrFNO2/c9-7-5(10)2-1-4(3-11)6(7)8(12)13/h1-2H,(H,12,13). The Morgan fingerprint density at radius 2 is 2.23 bits per heavy atom. The summed E-state index contributed by atoms with van der Waals surface area (Å²) < 4.78 is 12.6. The third-order valence-corrected chi connectivity index (χ3v) is 2.20. The highest BCUT2D eigenvalue weighted by Gasteiger charge is 2.17. The van der Waals surface area contributed by atoms with Crippen LogP contribution in [0.25, 0.3) is 0 Å². The van der Waals surface area contributed by atoms with Gasteiger partial charge in [-0.2, -0.15) is 5.26 Å². The summed E-state index contributed by atoms with van der Waals surface area (Å²) in [5.41, 5.74) is -0.414. The topological polar surface area (TPSA) is 61.1 Å². The second-order valence-electron chi connectivity index (χ2n) is 2.20. The fourth-order valence-electron chi connectivity index (χ4n) is 0.853. The molecule has 0 heterocycles. The molecule has 1 rings (SSSR count). The van der Waals surface area contributed by atoms with Crippen LogP contribution in [0.3, 0.4) is 0 Å². The van der Waals surface area contributed by atoms with Gasteiger partial charge in [0.15, 0.2) is 0 Å². The first-order chi connectivity index (χ1) is 6.07. The number of rotatable bonds is 1. The number of nitrogens with zero attached hydrogens (tertiary/aromatic N) is 1. The number of nitriles is 1. The lowest BCUT2D eigenvalue weighted by molar-refractivity contribution is 0.0695. The zero-order chi connectivity index (χ0) is 10.0. The van der Waals surface area contributed by atoms with E-state index in [9.17, 15) is 9.18 Å². The predicted octanol–water partition coefficient (Wildman–Crippen LogP) is 2.16. The Bertz CT molecular complexity index is 411.